The minimum Gasteiger partial charge on any atom is -0.394 e. The fraction of sp³-hybridized carbons (Fsp3) is 0.909. The number of ether oxygens (including phenoxy) is 2. The maximum Gasteiger partial charge on any atom is 0.217 e. The molecule has 1 heterocycles. The van der Waals surface area contributed by atoms with Gasteiger partial charge in [0.15, 0.2) is 6.29 Å². The van der Waals surface area contributed by atoms with Gasteiger partial charge >= 0.3 is 0 Å². The molecule has 0 saturated carbocycles. The standard InChI is InChI=1S/C11H20N4O6/c1-6(17)14-8-10(19)9(18)7(5-16)21-11(8)20-4-2-3-13-15-12/h7-11,16,18-19H,2-5H2,1H3,(H,14,17)/t7-,8-,9-,10-,11+/m1/s1. The summed E-state index contributed by atoms with van der Waals surface area (Å²) < 4.78 is 10.7. The average Bonchev–Trinajstić information content (AvgIpc) is 2.45. The minimum atomic E-state index is -1.34. The molecule has 0 aromatic carbocycles. The summed E-state index contributed by atoms with van der Waals surface area (Å²) in [6.45, 7) is 1.17. The SMILES string of the molecule is CC(=O)N[C@H]1[C@@H](OCCCN=[N+]=[N-])O[C@H](CO)[C@@H](O)[C@@H]1O. The topological polar surface area (TPSA) is 157 Å². The van der Waals surface area contributed by atoms with E-state index in [0.717, 1.165) is 0 Å². The van der Waals surface area contributed by atoms with Crippen LogP contribution >= 0.6 is 0 Å². The van der Waals surface area contributed by atoms with Gasteiger partial charge in [0, 0.05) is 25.0 Å². The summed E-state index contributed by atoms with van der Waals surface area (Å²) >= 11 is 0. The summed E-state index contributed by atoms with van der Waals surface area (Å²) in [5, 5.41) is 34.7. The molecule has 21 heavy (non-hydrogen) atoms. The molecule has 0 aromatic heterocycles. The Hall–Kier alpha value is -1.42. The van der Waals surface area contributed by atoms with Crippen LogP contribution in [0.3, 0.4) is 0 Å². The Kier molecular flexibility index (Phi) is 7.37. The van der Waals surface area contributed by atoms with Gasteiger partial charge in [-0.1, -0.05) is 5.11 Å². The Morgan fingerprint density at radius 3 is 2.76 bits per heavy atom. The zero-order valence-electron chi connectivity index (χ0n) is 11.6. The molecular weight excluding hydrogens is 284 g/mol. The number of nitrogens with zero attached hydrogens (tertiary/aromatic N) is 3. The lowest BCUT2D eigenvalue weighted by Crippen LogP contribution is -2.64. The van der Waals surface area contributed by atoms with Crippen molar-refractivity contribution in [3.8, 4) is 0 Å². The molecule has 1 rings (SSSR count). The molecule has 1 fully saturated rings. The number of azide groups is 1. The molecule has 10 nitrogen and oxygen atoms in total. The first-order chi connectivity index (χ1) is 10.0. The van der Waals surface area contributed by atoms with Crippen LogP contribution in [-0.4, -0.2) is 71.6 Å². The molecule has 0 spiro atoms. The molecule has 1 amide bonds. The molecule has 0 aliphatic carbocycles. The van der Waals surface area contributed by atoms with Gasteiger partial charge in [-0.2, -0.15) is 0 Å². The number of carbonyl (C=O) groups excluding carboxylic acids is 1. The van der Waals surface area contributed by atoms with Crippen molar-refractivity contribution < 1.29 is 29.6 Å². The zero-order valence-corrected chi connectivity index (χ0v) is 11.6. The molecule has 1 aliphatic rings. The Balaban J connectivity index is 2.64. The van der Waals surface area contributed by atoms with E-state index in [-0.39, 0.29) is 13.2 Å². The van der Waals surface area contributed by atoms with E-state index < -0.39 is 43.2 Å². The largest absolute Gasteiger partial charge is 0.394 e. The van der Waals surface area contributed by atoms with Crippen molar-refractivity contribution in [2.75, 3.05) is 19.8 Å². The maximum absolute atomic E-state index is 11.2. The van der Waals surface area contributed by atoms with E-state index in [1.54, 1.807) is 0 Å². The first kappa shape index (κ1) is 17.6. The summed E-state index contributed by atoms with van der Waals surface area (Å²) in [5.74, 6) is -0.417. The highest BCUT2D eigenvalue weighted by molar-refractivity contribution is 5.73. The summed E-state index contributed by atoms with van der Waals surface area (Å²) in [7, 11) is 0. The predicted molar refractivity (Wildman–Crippen MR) is 69.9 cm³/mol. The van der Waals surface area contributed by atoms with Crippen molar-refractivity contribution in [3.05, 3.63) is 10.4 Å². The number of aliphatic hydroxyl groups excluding tert-OH is 3. The second kappa shape index (κ2) is 8.78. The second-order valence-corrected chi connectivity index (χ2v) is 4.61. The number of carbonyl (C=O) groups is 1. The lowest BCUT2D eigenvalue weighted by molar-refractivity contribution is -0.270. The molecule has 10 heteroatoms. The summed E-state index contributed by atoms with van der Waals surface area (Å²) in [6, 6.07) is -0.959. The Labute approximate surface area is 121 Å². The number of aliphatic hydroxyl groups is 3. The molecule has 5 atom stereocenters. The normalized spacial score (nSPS) is 32.3. The van der Waals surface area contributed by atoms with Crippen molar-refractivity contribution in [2.24, 2.45) is 5.11 Å². The van der Waals surface area contributed by atoms with Gasteiger partial charge in [-0.05, 0) is 12.0 Å². The van der Waals surface area contributed by atoms with E-state index in [0.29, 0.717) is 6.42 Å². The third-order valence-electron chi connectivity index (χ3n) is 3.00. The lowest BCUT2D eigenvalue weighted by Gasteiger charge is -2.42. The fourth-order valence-corrected chi connectivity index (χ4v) is 1.99. The molecular formula is C11H20N4O6. The molecule has 0 aromatic rings. The third kappa shape index (κ3) is 5.12. The van der Waals surface area contributed by atoms with Crippen LogP contribution in [0.1, 0.15) is 13.3 Å². The number of hydrogen-bond acceptors (Lipinski definition) is 7. The van der Waals surface area contributed by atoms with Crippen LogP contribution in [0.2, 0.25) is 0 Å². The monoisotopic (exact) mass is 304 g/mol. The van der Waals surface area contributed by atoms with Crippen molar-refractivity contribution in [1.29, 1.82) is 0 Å². The number of amides is 1. The molecule has 0 radical (unpaired) electrons. The molecule has 120 valence electrons. The first-order valence-corrected chi connectivity index (χ1v) is 6.53. The van der Waals surface area contributed by atoms with Gasteiger partial charge in [0.25, 0.3) is 0 Å². The Bertz CT molecular complexity index is 389. The van der Waals surface area contributed by atoms with E-state index in [4.69, 9.17) is 20.1 Å². The number of rotatable bonds is 7. The van der Waals surface area contributed by atoms with Crippen molar-refractivity contribution in [3.63, 3.8) is 0 Å². The van der Waals surface area contributed by atoms with E-state index >= 15 is 0 Å². The highest BCUT2D eigenvalue weighted by atomic mass is 16.7. The zero-order chi connectivity index (χ0) is 15.8. The van der Waals surface area contributed by atoms with Gasteiger partial charge in [0.05, 0.1) is 6.61 Å². The molecule has 4 N–H and O–H groups in total. The van der Waals surface area contributed by atoms with Crippen LogP contribution in [-0.2, 0) is 14.3 Å². The van der Waals surface area contributed by atoms with Crippen molar-refractivity contribution in [2.45, 2.75) is 44.0 Å². The van der Waals surface area contributed by atoms with E-state index in [2.05, 4.69) is 15.3 Å². The lowest BCUT2D eigenvalue weighted by atomic mass is 9.97. The highest BCUT2D eigenvalue weighted by Gasteiger charge is 2.45. The van der Waals surface area contributed by atoms with Crippen molar-refractivity contribution in [1.82, 2.24) is 5.32 Å². The smallest absolute Gasteiger partial charge is 0.217 e. The highest BCUT2D eigenvalue weighted by Crippen LogP contribution is 2.22. The second-order valence-electron chi connectivity index (χ2n) is 4.61. The van der Waals surface area contributed by atoms with Gasteiger partial charge < -0.3 is 30.1 Å². The fourth-order valence-electron chi connectivity index (χ4n) is 1.99. The average molecular weight is 304 g/mol. The first-order valence-electron chi connectivity index (χ1n) is 6.53. The van der Waals surface area contributed by atoms with Gasteiger partial charge in [0.1, 0.15) is 24.4 Å². The van der Waals surface area contributed by atoms with Gasteiger partial charge in [-0.15, -0.1) is 0 Å². The van der Waals surface area contributed by atoms with Crippen molar-refractivity contribution >= 4 is 5.91 Å². The van der Waals surface area contributed by atoms with Crippen LogP contribution in [0, 0.1) is 0 Å². The molecule has 1 aliphatic heterocycles. The number of nitrogens with one attached hydrogen (secondary N) is 1. The summed E-state index contributed by atoms with van der Waals surface area (Å²) in [4.78, 5) is 13.8. The Morgan fingerprint density at radius 1 is 1.48 bits per heavy atom. The van der Waals surface area contributed by atoms with Crippen LogP contribution in [0.4, 0.5) is 0 Å². The van der Waals surface area contributed by atoms with E-state index in [1.807, 2.05) is 0 Å². The van der Waals surface area contributed by atoms with Crippen LogP contribution < -0.4 is 5.32 Å². The summed E-state index contributed by atoms with van der Waals surface area (Å²) in [5.41, 5.74) is 8.14. The van der Waals surface area contributed by atoms with Crippen LogP contribution in [0.5, 0.6) is 0 Å². The molecule has 0 bridgehead atoms. The predicted octanol–water partition coefficient (Wildman–Crippen LogP) is -1.35. The molecule has 1 saturated heterocycles. The van der Waals surface area contributed by atoms with E-state index in [9.17, 15) is 15.0 Å². The van der Waals surface area contributed by atoms with Gasteiger partial charge in [-0.25, -0.2) is 0 Å². The quantitative estimate of drug-likeness (QED) is 0.197. The van der Waals surface area contributed by atoms with Gasteiger partial charge in [-0.3, -0.25) is 4.79 Å². The maximum atomic E-state index is 11.2. The minimum absolute atomic E-state index is 0.167. The number of hydrogen-bond donors (Lipinski definition) is 4. The Morgan fingerprint density at radius 2 is 2.19 bits per heavy atom. The van der Waals surface area contributed by atoms with E-state index in [1.165, 1.54) is 6.92 Å². The summed E-state index contributed by atoms with van der Waals surface area (Å²) in [6.07, 6.45) is -4.27. The van der Waals surface area contributed by atoms with Crippen LogP contribution in [0.15, 0.2) is 5.11 Å². The van der Waals surface area contributed by atoms with Crippen LogP contribution in [0.25, 0.3) is 10.4 Å². The van der Waals surface area contributed by atoms with Gasteiger partial charge in [0.2, 0.25) is 5.91 Å². The molecule has 0 unspecified atom stereocenters. The third-order valence-corrected chi connectivity index (χ3v) is 3.00.